The molecule has 0 fully saturated rings. The van der Waals surface area contributed by atoms with Crippen molar-refractivity contribution in [2.24, 2.45) is 0 Å². The molecule has 2 nitrogen and oxygen atoms in total. The summed E-state index contributed by atoms with van der Waals surface area (Å²) in [5.41, 5.74) is 0. The number of hydrogen-bond acceptors (Lipinski definition) is 2. The second kappa shape index (κ2) is 3.68. The number of fused-ring (bicyclic) bond motifs is 1. The monoisotopic (exact) mass is 303 g/mol. The maximum atomic E-state index is 13.4. The van der Waals surface area contributed by atoms with E-state index in [9.17, 15) is 4.39 Å². The van der Waals surface area contributed by atoms with Crippen LogP contribution in [0.1, 0.15) is 0 Å². The Labute approximate surface area is 94.2 Å². The van der Waals surface area contributed by atoms with Crippen molar-refractivity contribution in [3.05, 3.63) is 33.9 Å². The van der Waals surface area contributed by atoms with Crippen molar-refractivity contribution in [2.45, 2.75) is 0 Å². The molecular weight excluding hydrogens is 296 g/mol. The van der Waals surface area contributed by atoms with Crippen molar-refractivity contribution < 1.29 is 9.13 Å². The van der Waals surface area contributed by atoms with Gasteiger partial charge in [0.2, 0.25) is 0 Å². The SMILES string of the molecule is COc1ccc(F)c2cncc(I)c12. The fraction of sp³-hybridized carbons (Fsp3) is 0.100. The van der Waals surface area contributed by atoms with E-state index < -0.39 is 0 Å². The van der Waals surface area contributed by atoms with E-state index in [0.717, 1.165) is 8.96 Å². The Balaban J connectivity index is 2.92. The molecule has 14 heavy (non-hydrogen) atoms. The predicted molar refractivity (Wildman–Crippen MR) is 61.0 cm³/mol. The number of ether oxygens (including phenoxy) is 1. The van der Waals surface area contributed by atoms with Crippen LogP contribution in [0.5, 0.6) is 5.75 Å². The lowest BCUT2D eigenvalue weighted by Crippen LogP contribution is -1.90. The van der Waals surface area contributed by atoms with E-state index >= 15 is 0 Å². The lowest BCUT2D eigenvalue weighted by atomic mass is 10.1. The molecule has 2 rings (SSSR count). The molecule has 0 atom stereocenters. The average Bonchev–Trinajstić information content (AvgIpc) is 2.20. The quantitative estimate of drug-likeness (QED) is 0.756. The Morgan fingerprint density at radius 2 is 2.14 bits per heavy atom. The molecule has 0 unspecified atom stereocenters. The number of pyridine rings is 1. The summed E-state index contributed by atoms with van der Waals surface area (Å²) in [5.74, 6) is 0.403. The molecule has 0 spiro atoms. The minimum Gasteiger partial charge on any atom is -0.496 e. The van der Waals surface area contributed by atoms with Gasteiger partial charge in [-0.25, -0.2) is 4.39 Å². The number of halogens is 2. The summed E-state index contributed by atoms with van der Waals surface area (Å²) < 4.78 is 19.4. The maximum absolute atomic E-state index is 13.4. The van der Waals surface area contributed by atoms with E-state index in [1.165, 1.54) is 12.3 Å². The maximum Gasteiger partial charge on any atom is 0.132 e. The average molecular weight is 303 g/mol. The fourth-order valence-corrected chi connectivity index (χ4v) is 2.08. The molecule has 0 saturated heterocycles. The molecule has 0 aliphatic rings. The molecule has 2 aromatic rings. The highest BCUT2D eigenvalue weighted by atomic mass is 127. The molecule has 1 aromatic heterocycles. The highest BCUT2D eigenvalue weighted by Crippen LogP contribution is 2.30. The van der Waals surface area contributed by atoms with Crippen LogP contribution in [0.4, 0.5) is 4.39 Å². The minimum absolute atomic E-state index is 0.271. The summed E-state index contributed by atoms with van der Waals surface area (Å²) in [5, 5.41) is 1.28. The Kier molecular flexibility index (Phi) is 2.54. The molecule has 0 N–H and O–H groups in total. The van der Waals surface area contributed by atoms with Crippen LogP contribution < -0.4 is 4.74 Å². The molecular formula is C10H7FINO. The zero-order valence-corrected chi connectivity index (χ0v) is 9.58. The Bertz CT molecular complexity index is 487. The Hall–Kier alpha value is -0.910. The third-order valence-electron chi connectivity index (χ3n) is 2.00. The van der Waals surface area contributed by atoms with Crippen molar-refractivity contribution in [1.82, 2.24) is 4.98 Å². The molecule has 4 heteroatoms. The van der Waals surface area contributed by atoms with Gasteiger partial charge in [0.15, 0.2) is 0 Å². The normalized spacial score (nSPS) is 10.5. The van der Waals surface area contributed by atoms with Crippen LogP contribution in [0.15, 0.2) is 24.5 Å². The van der Waals surface area contributed by atoms with Crippen LogP contribution in [0.25, 0.3) is 10.8 Å². The van der Waals surface area contributed by atoms with Crippen LogP contribution in [0.3, 0.4) is 0 Å². The highest BCUT2D eigenvalue weighted by Gasteiger charge is 2.09. The van der Waals surface area contributed by atoms with Crippen molar-refractivity contribution in [3.63, 3.8) is 0 Å². The van der Waals surface area contributed by atoms with Gasteiger partial charge in [-0.2, -0.15) is 0 Å². The summed E-state index contributed by atoms with van der Waals surface area (Å²) in [6.45, 7) is 0. The number of hydrogen-bond donors (Lipinski definition) is 0. The zero-order valence-electron chi connectivity index (χ0n) is 7.42. The third kappa shape index (κ3) is 1.43. The predicted octanol–water partition coefficient (Wildman–Crippen LogP) is 2.99. The summed E-state index contributed by atoms with van der Waals surface area (Å²) in [7, 11) is 1.57. The van der Waals surface area contributed by atoms with E-state index in [2.05, 4.69) is 27.6 Å². The van der Waals surface area contributed by atoms with Crippen molar-refractivity contribution in [3.8, 4) is 5.75 Å². The lowest BCUT2D eigenvalue weighted by Gasteiger charge is -2.06. The zero-order chi connectivity index (χ0) is 10.1. The Morgan fingerprint density at radius 1 is 1.36 bits per heavy atom. The van der Waals surface area contributed by atoms with E-state index in [1.54, 1.807) is 19.4 Å². The smallest absolute Gasteiger partial charge is 0.132 e. The topological polar surface area (TPSA) is 22.1 Å². The number of nitrogens with zero attached hydrogens (tertiary/aromatic N) is 1. The van der Waals surface area contributed by atoms with Crippen LogP contribution in [-0.4, -0.2) is 12.1 Å². The van der Waals surface area contributed by atoms with Gasteiger partial charge in [0.25, 0.3) is 0 Å². The van der Waals surface area contributed by atoms with Crippen LogP contribution in [0.2, 0.25) is 0 Å². The first kappa shape index (κ1) is 9.64. The fourth-order valence-electron chi connectivity index (χ4n) is 1.36. The van der Waals surface area contributed by atoms with Crippen LogP contribution >= 0.6 is 22.6 Å². The first-order valence-electron chi connectivity index (χ1n) is 3.99. The number of benzene rings is 1. The van der Waals surface area contributed by atoms with Crippen molar-refractivity contribution in [1.29, 1.82) is 0 Å². The van der Waals surface area contributed by atoms with Gasteiger partial charge in [-0.05, 0) is 34.7 Å². The summed E-state index contributed by atoms with van der Waals surface area (Å²) in [6, 6.07) is 3.01. The van der Waals surface area contributed by atoms with Gasteiger partial charge in [0, 0.05) is 26.7 Å². The number of rotatable bonds is 1. The molecule has 0 aliphatic carbocycles. The van der Waals surface area contributed by atoms with E-state index in [4.69, 9.17) is 4.74 Å². The van der Waals surface area contributed by atoms with Gasteiger partial charge in [-0.1, -0.05) is 0 Å². The first-order chi connectivity index (χ1) is 6.74. The van der Waals surface area contributed by atoms with Gasteiger partial charge in [0.05, 0.1) is 7.11 Å². The molecule has 0 bridgehead atoms. The molecule has 72 valence electrons. The summed E-state index contributed by atoms with van der Waals surface area (Å²) >= 11 is 2.11. The molecule has 0 radical (unpaired) electrons. The molecule has 0 amide bonds. The van der Waals surface area contributed by atoms with Crippen LogP contribution in [0, 0.1) is 9.39 Å². The highest BCUT2D eigenvalue weighted by molar-refractivity contribution is 14.1. The van der Waals surface area contributed by atoms with Gasteiger partial charge < -0.3 is 4.74 Å². The molecule has 1 aromatic carbocycles. The van der Waals surface area contributed by atoms with Gasteiger partial charge in [-0.15, -0.1) is 0 Å². The standard InChI is InChI=1S/C10H7FINO/c1-14-9-3-2-7(11)6-4-13-5-8(12)10(6)9/h2-5H,1H3. The van der Waals surface area contributed by atoms with Crippen molar-refractivity contribution in [2.75, 3.05) is 7.11 Å². The minimum atomic E-state index is -0.271. The van der Waals surface area contributed by atoms with Gasteiger partial charge >= 0.3 is 0 Å². The van der Waals surface area contributed by atoms with Crippen molar-refractivity contribution >= 4 is 33.4 Å². The second-order valence-electron chi connectivity index (χ2n) is 2.79. The first-order valence-corrected chi connectivity index (χ1v) is 5.07. The number of methoxy groups -OCH3 is 1. The summed E-state index contributed by atoms with van der Waals surface area (Å²) in [4.78, 5) is 3.95. The van der Waals surface area contributed by atoms with Gasteiger partial charge in [-0.3, -0.25) is 4.98 Å². The van der Waals surface area contributed by atoms with E-state index in [1.807, 2.05) is 0 Å². The second-order valence-corrected chi connectivity index (χ2v) is 3.96. The van der Waals surface area contributed by atoms with Crippen LogP contribution in [-0.2, 0) is 0 Å². The number of aromatic nitrogens is 1. The molecule has 0 saturated carbocycles. The van der Waals surface area contributed by atoms with Gasteiger partial charge in [0.1, 0.15) is 11.6 Å². The molecule has 1 heterocycles. The van der Waals surface area contributed by atoms with E-state index in [0.29, 0.717) is 11.1 Å². The summed E-state index contributed by atoms with van der Waals surface area (Å²) in [6.07, 6.45) is 3.19. The molecule has 0 aliphatic heterocycles. The third-order valence-corrected chi connectivity index (χ3v) is 2.82. The Morgan fingerprint density at radius 3 is 2.86 bits per heavy atom. The largest absolute Gasteiger partial charge is 0.496 e. The lowest BCUT2D eigenvalue weighted by molar-refractivity contribution is 0.419. The van der Waals surface area contributed by atoms with E-state index in [-0.39, 0.29) is 5.82 Å².